The van der Waals surface area contributed by atoms with Crippen molar-refractivity contribution in [2.75, 3.05) is 64.4 Å². The number of ether oxygens (including phenoxy) is 3. The third-order valence-corrected chi connectivity index (χ3v) is 5.00. The maximum absolute atomic E-state index is 11.4. The summed E-state index contributed by atoms with van der Waals surface area (Å²) in [7, 11) is -8.56. The number of rotatable bonds is 15. The Hall–Kier alpha value is -0.340. The van der Waals surface area contributed by atoms with Crippen LogP contribution in [0.2, 0.25) is 0 Å². The molecule has 0 aliphatic carbocycles. The molecule has 0 aromatic heterocycles. The number of aliphatic hydroxyl groups excluding tert-OH is 2. The van der Waals surface area contributed by atoms with Gasteiger partial charge in [-0.25, -0.2) is 0 Å². The van der Waals surface area contributed by atoms with Gasteiger partial charge in [0.1, 0.15) is 11.5 Å². The van der Waals surface area contributed by atoms with Crippen molar-refractivity contribution in [2.24, 2.45) is 0 Å². The summed E-state index contributed by atoms with van der Waals surface area (Å²) in [5.41, 5.74) is 0. The number of aliphatic hydroxyl groups is 2. The molecular formula is C10H22O10S2. The van der Waals surface area contributed by atoms with Crippen molar-refractivity contribution in [2.45, 2.75) is 0 Å². The van der Waals surface area contributed by atoms with Crippen molar-refractivity contribution in [1.29, 1.82) is 0 Å². The summed E-state index contributed by atoms with van der Waals surface area (Å²) in [4.78, 5) is 0. The van der Waals surface area contributed by atoms with Crippen molar-refractivity contribution in [3.63, 3.8) is 0 Å². The maximum atomic E-state index is 11.4. The first kappa shape index (κ1) is 21.7. The fraction of sp³-hybridized carbons (Fsp3) is 1.00. The first-order chi connectivity index (χ1) is 10.3. The van der Waals surface area contributed by atoms with Crippen molar-refractivity contribution >= 4 is 20.2 Å². The van der Waals surface area contributed by atoms with Crippen LogP contribution in [-0.4, -0.2) is 91.4 Å². The molecule has 134 valence electrons. The van der Waals surface area contributed by atoms with E-state index in [2.05, 4.69) is 3.63 Å². The zero-order valence-electron chi connectivity index (χ0n) is 12.0. The molecule has 0 aromatic carbocycles. The highest BCUT2D eigenvalue weighted by Crippen LogP contribution is 2.03. The van der Waals surface area contributed by atoms with Crippen LogP contribution in [0, 0.1) is 0 Å². The van der Waals surface area contributed by atoms with Crippen LogP contribution in [0.4, 0.5) is 0 Å². The van der Waals surface area contributed by atoms with Crippen LogP contribution in [0.5, 0.6) is 0 Å². The minimum absolute atomic E-state index is 0.0472. The molecule has 0 saturated carbocycles. The summed E-state index contributed by atoms with van der Waals surface area (Å²) in [5, 5.41) is 16.9. The summed E-state index contributed by atoms with van der Waals surface area (Å²) in [5.74, 6) is -1.26. The predicted octanol–water partition coefficient (Wildman–Crippen LogP) is -2.30. The topological polar surface area (TPSA) is 146 Å². The average molecular weight is 366 g/mol. The third-order valence-electron chi connectivity index (χ3n) is 2.01. The van der Waals surface area contributed by atoms with E-state index in [0.29, 0.717) is 0 Å². The largest absolute Gasteiger partial charge is 0.394 e. The normalized spacial score (nSPS) is 12.6. The molecule has 2 N–H and O–H groups in total. The van der Waals surface area contributed by atoms with E-state index in [1.165, 1.54) is 0 Å². The molecule has 0 aliphatic heterocycles. The highest BCUT2D eigenvalue weighted by molar-refractivity contribution is 7.99. The van der Waals surface area contributed by atoms with Crippen LogP contribution >= 0.6 is 0 Å². The lowest BCUT2D eigenvalue weighted by molar-refractivity contribution is 0.0373. The molecule has 0 aromatic rings. The Bertz CT molecular complexity index is 458. The lowest BCUT2D eigenvalue weighted by Gasteiger charge is -2.07. The van der Waals surface area contributed by atoms with Gasteiger partial charge in [-0.15, -0.1) is 3.63 Å². The van der Waals surface area contributed by atoms with Crippen LogP contribution in [0.15, 0.2) is 0 Å². The van der Waals surface area contributed by atoms with Crippen LogP contribution in [0.25, 0.3) is 0 Å². The molecule has 0 rings (SSSR count). The molecule has 0 heterocycles. The SMILES string of the molecule is O=S(=O)(CCOCCO)OS(=O)(=O)CCOCCOCCO. The lowest BCUT2D eigenvalue weighted by Crippen LogP contribution is -2.23. The van der Waals surface area contributed by atoms with Gasteiger partial charge in [-0.05, 0) is 0 Å². The Balaban J connectivity index is 3.92. The molecule has 0 bridgehead atoms. The zero-order valence-corrected chi connectivity index (χ0v) is 13.7. The molecule has 22 heavy (non-hydrogen) atoms. The molecule has 12 heteroatoms. The molecule has 0 spiro atoms. The molecule has 0 aliphatic rings. The maximum Gasteiger partial charge on any atom is 0.284 e. The Kier molecular flexibility index (Phi) is 11.9. The van der Waals surface area contributed by atoms with E-state index in [1.807, 2.05) is 0 Å². The van der Waals surface area contributed by atoms with Gasteiger partial charge in [-0.3, -0.25) is 0 Å². The minimum Gasteiger partial charge on any atom is -0.394 e. The summed E-state index contributed by atoms with van der Waals surface area (Å²) in [6, 6.07) is 0. The molecular weight excluding hydrogens is 344 g/mol. The van der Waals surface area contributed by atoms with E-state index in [0.717, 1.165) is 0 Å². The molecule has 0 fully saturated rings. The quantitative estimate of drug-likeness (QED) is 0.303. The predicted molar refractivity (Wildman–Crippen MR) is 75.3 cm³/mol. The van der Waals surface area contributed by atoms with Gasteiger partial charge in [0.25, 0.3) is 20.2 Å². The summed E-state index contributed by atoms with van der Waals surface area (Å²) in [6.45, 7) is -0.520. The van der Waals surface area contributed by atoms with Crippen LogP contribution < -0.4 is 0 Å². The Morgan fingerprint density at radius 2 is 0.955 bits per heavy atom. The Morgan fingerprint density at radius 3 is 1.36 bits per heavy atom. The van der Waals surface area contributed by atoms with Gasteiger partial charge in [-0.2, -0.15) is 16.8 Å². The van der Waals surface area contributed by atoms with Gasteiger partial charge >= 0.3 is 0 Å². The summed E-state index contributed by atoms with van der Waals surface area (Å²) < 4.78 is 64.3. The molecule has 0 saturated heterocycles. The second kappa shape index (κ2) is 12.1. The van der Waals surface area contributed by atoms with Gasteiger partial charge < -0.3 is 24.4 Å². The minimum atomic E-state index is -4.28. The van der Waals surface area contributed by atoms with E-state index in [4.69, 9.17) is 24.4 Å². The number of hydrogen-bond acceptors (Lipinski definition) is 10. The fourth-order valence-corrected chi connectivity index (χ4v) is 3.55. The standard InChI is InChI=1S/C10H22O10S2/c11-1-3-17-5-6-19-8-10-22(15,16)20-21(13,14)9-7-18-4-2-12/h11-12H,1-10H2. The van der Waals surface area contributed by atoms with E-state index in [-0.39, 0.29) is 52.9 Å². The van der Waals surface area contributed by atoms with Gasteiger partial charge in [0, 0.05) is 0 Å². The van der Waals surface area contributed by atoms with Crippen molar-refractivity contribution < 1.29 is 44.9 Å². The monoisotopic (exact) mass is 366 g/mol. The lowest BCUT2D eigenvalue weighted by atomic mass is 10.7. The van der Waals surface area contributed by atoms with E-state index < -0.39 is 31.7 Å². The van der Waals surface area contributed by atoms with E-state index in [9.17, 15) is 16.8 Å². The molecule has 0 atom stereocenters. The van der Waals surface area contributed by atoms with Crippen molar-refractivity contribution in [1.82, 2.24) is 0 Å². The highest BCUT2D eigenvalue weighted by Gasteiger charge is 2.22. The molecule has 10 nitrogen and oxygen atoms in total. The average Bonchev–Trinajstić information content (AvgIpc) is 2.41. The second-order valence-electron chi connectivity index (χ2n) is 3.88. The summed E-state index contributed by atoms with van der Waals surface area (Å²) in [6.07, 6.45) is 0. The zero-order chi connectivity index (χ0) is 16.9. The molecule has 0 radical (unpaired) electrons. The van der Waals surface area contributed by atoms with Crippen LogP contribution in [0.3, 0.4) is 0 Å². The smallest absolute Gasteiger partial charge is 0.284 e. The Labute approximate surface area is 130 Å². The number of hydrogen-bond donors (Lipinski definition) is 2. The third kappa shape index (κ3) is 13.3. The fourth-order valence-electron chi connectivity index (χ4n) is 1.10. The van der Waals surface area contributed by atoms with Gasteiger partial charge in [0.15, 0.2) is 0 Å². The van der Waals surface area contributed by atoms with E-state index in [1.54, 1.807) is 0 Å². The first-order valence-corrected chi connectivity index (χ1v) is 9.60. The van der Waals surface area contributed by atoms with Gasteiger partial charge in [0.2, 0.25) is 0 Å². The van der Waals surface area contributed by atoms with Gasteiger partial charge in [0.05, 0.1) is 52.9 Å². The van der Waals surface area contributed by atoms with Crippen LogP contribution in [-0.2, 0) is 38.1 Å². The van der Waals surface area contributed by atoms with E-state index >= 15 is 0 Å². The van der Waals surface area contributed by atoms with Crippen LogP contribution in [0.1, 0.15) is 0 Å². The summed E-state index contributed by atoms with van der Waals surface area (Å²) >= 11 is 0. The molecule has 0 unspecified atom stereocenters. The van der Waals surface area contributed by atoms with Crippen molar-refractivity contribution in [3.8, 4) is 0 Å². The second-order valence-corrected chi connectivity index (χ2v) is 7.47. The van der Waals surface area contributed by atoms with Gasteiger partial charge in [-0.1, -0.05) is 0 Å². The van der Waals surface area contributed by atoms with Crippen molar-refractivity contribution in [3.05, 3.63) is 0 Å². The first-order valence-electron chi connectivity index (χ1n) is 6.44. The highest BCUT2D eigenvalue weighted by atomic mass is 32.3. The molecule has 0 amide bonds. The Morgan fingerprint density at radius 1 is 0.591 bits per heavy atom.